The third-order valence-electron chi connectivity index (χ3n) is 1.94. The van der Waals surface area contributed by atoms with Gasteiger partial charge in [-0.05, 0) is 25.2 Å². The summed E-state index contributed by atoms with van der Waals surface area (Å²) in [6, 6.07) is 0. The number of hydrogen-bond donors (Lipinski definition) is 0. The first kappa shape index (κ1) is 12.9. The average Bonchev–Trinajstić information content (AvgIpc) is 2.10. The molecule has 0 aromatic rings. The van der Waals surface area contributed by atoms with E-state index < -0.39 is 0 Å². The standard InChI is InChI=1S/C10H24P2/c1-3-5-7-8-10-12-11-9-6-4-2/h11-12H,3-10H2,1-2H3. The molecule has 2 atom stereocenters. The predicted molar refractivity (Wildman–Crippen MR) is 65.4 cm³/mol. The maximum absolute atomic E-state index is 2.29. The molecule has 0 aromatic heterocycles. The van der Waals surface area contributed by atoms with Gasteiger partial charge in [0.05, 0.1) is 0 Å². The van der Waals surface area contributed by atoms with Gasteiger partial charge in [0.2, 0.25) is 0 Å². The van der Waals surface area contributed by atoms with Crippen molar-refractivity contribution in [3.05, 3.63) is 0 Å². The summed E-state index contributed by atoms with van der Waals surface area (Å²) in [4.78, 5) is 0. The van der Waals surface area contributed by atoms with E-state index in [9.17, 15) is 0 Å². The molecule has 2 heteroatoms. The van der Waals surface area contributed by atoms with Gasteiger partial charge in [-0.3, -0.25) is 0 Å². The molecule has 0 saturated carbocycles. The first-order chi connectivity index (χ1) is 5.91. The van der Waals surface area contributed by atoms with Crippen LogP contribution in [0.25, 0.3) is 0 Å². The zero-order chi connectivity index (χ0) is 9.07. The lowest BCUT2D eigenvalue weighted by atomic mass is 10.2. The molecule has 0 heterocycles. The molecule has 0 aromatic carbocycles. The molecule has 2 unspecified atom stereocenters. The highest BCUT2D eigenvalue weighted by atomic mass is 32.0. The Bertz CT molecular complexity index is 64.2. The normalized spacial score (nSPS) is 12.5. The molecule has 0 amide bonds. The van der Waals surface area contributed by atoms with Crippen LogP contribution in [0.15, 0.2) is 0 Å². The van der Waals surface area contributed by atoms with Gasteiger partial charge >= 0.3 is 0 Å². The van der Waals surface area contributed by atoms with Crippen LogP contribution in [0.2, 0.25) is 0 Å². The lowest BCUT2D eigenvalue weighted by Crippen LogP contribution is -1.77. The van der Waals surface area contributed by atoms with Crippen LogP contribution < -0.4 is 0 Å². The third-order valence-corrected chi connectivity index (χ3v) is 5.64. The highest BCUT2D eigenvalue weighted by Gasteiger charge is 1.89. The molecule has 0 aliphatic heterocycles. The SMILES string of the molecule is CCCCCCPPCCCC. The lowest BCUT2D eigenvalue weighted by Gasteiger charge is -2.00. The van der Waals surface area contributed by atoms with Crippen LogP contribution in [0.1, 0.15) is 52.4 Å². The second kappa shape index (κ2) is 11.9. The van der Waals surface area contributed by atoms with Crippen LogP contribution in [0.4, 0.5) is 0 Å². The fourth-order valence-electron chi connectivity index (χ4n) is 1.08. The van der Waals surface area contributed by atoms with E-state index in [0.717, 1.165) is 0 Å². The Kier molecular flexibility index (Phi) is 12.7. The van der Waals surface area contributed by atoms with Gasteiger partial charge in [-0.2, -0.15) is 0 Å². The highest BCUT2D eigenvalue weighted by molar-refractivity contribution is 8.11. The van der Waals surface area contributed by atoms with E-state index in [2.05, 4.69) is 13.8 Å². The predicted octanol–water partition coefficient (Wildman–Crippen LogP) is 4.64. The summed E-state index contributed by atoms with van der Waals surface area (Å²) in [5.74, 6) is 0. The fraction of sp³-hybridized carbons (Fsp3) is 1.00. The van der Waals surface area contributed by atoms with E-state index in [1.165, 1.54) is 67.4 Å². The molecule has 0 nitrogen and oxygen atoms in total. The van der Waals surface area contributed by atoms with Crippen LogP contribution in [0, 0.1) is 0 Å². The summed E-state index contributed by atoms with van der Waals surface area (Å²) in [5, 5.41) is 0. The summed E-state index contributed by atoms with van der Waals surface area (Å²) in [5.41, 5.74) is 0. The van der Waals surface area contributed by atoms with E-state index in [1.807, 2.05) is 0 Å². The van der Waals surface area contributed by atoms with E-state index in [1.54, 1.807) is 0 Å². The molecule has 12 heavy (non-hydrogen) atoms. The van der Waals surface area contributed by atoms with E-state index in [0.29, 0.717) is 0 Å². The molecule has 0 fully saturated rings. The van der Waals surface area contributed by atoms with Crippen molar-refractivity contribution in [2.24, 2.45) is 0 Å². The largest absolute Gasteiger partial charge is 0.0992 e. The molecule has 0 saturated heterocycles. The molecule has 0 bridgehead atoms. The third kappa shape index (κ3) is 10.9. The van der Waals surface area contributed by atoms with Crippen LogP contribution >= 0.6 is 16.5 Å². The monoisotopic (exact) mass is 206 g/mol. The van der Waals surface area contributed by atoms with Gasteiger partial charge in [0, 0.05) is 0 Å². The minimum Gasteiger partial charge on any atom is -0.0992 e. The van der Waals surface area contributed by atoms with Crippen LogP contribution in [0.3, 0.4) is 0 Å². The highest BCUT2D eigenvalue weighted by Crippen LogP contribution is 2.37. The van der Waals surface area contributed by atoms with Crippen molar-refractivity contribution < 1.29 is 0 Å². The van der Waals surface area contributed by atoms with Crippen molar-refractivity contribution in [2.75, 3.05) is 12.3 Å². The van der Waals surface area contributed by atoms with E-state index >= 15 is 0 Å². The van der Waals surface area contributed by atoms with Crippen molar-refractivity contribution in [3.63, 3.8) is 0 Å². The summed E-state index contributed by atoms with van der Waals surface area (Å²) in [6.45, 7) is 4.57. The maximum atomic E-state index is 2.29. The van der Waals surface area contributed by atoms with Gasteiger partial charge in [0.1, 0.15) is 0 Å². The second-order valence-corrected chi connectivity index (χ2v) is 7.10. The Morgan fingerprint density at radius 1 is 0.667 bits per heavy atom. The molecule has 0 spiro atoms. The van der Waals surface area contributed by atoms with Gasteiger partial charge < -0.3 is 0 Å². The first-order valence-corrected chi connectivity index (χ1v) is 8.79. The minimum absolute atomic E-state index is 1.28. The Hall–Kier alpha value is 0.860. The zero-order valence-electron chi connectivity index (χ0n) is 8.66. The lowest BCUT2D eigenvalue weighted by molar-refractivity contribution is 0.706. The summed E-state index contributed by atoms with van der Waals surface area (Å²) >= 11 is 0. The molecular weight excluding hydrogens is 182 g/mol. The average molecular weight is 206 g/mol. The zero-order valence-corrected chi connectivity index (χ0v) is 10.7. The maximum Gasteiger partial charge on any atom is -0.0317 e. The quantitative estimate of drug-likeness (QED) is 0.381. The van der Waals surface area contributed by atoms with E-state index in [-0.39, 0.29) is 0 Å². The Balaban J connectivity index is 2.73. The molecule has 0 aliphatic carbocycles. The van der Waals surface area contributed by atoms with Crippen molar-refractivity contribution in [1.29, 1.82) is 0 Å². The molecule has 74 valence electrons. The van der Waals surface area contributed by atoms with Gasteiger partial charge in [-0.25, -0.2) is 0 Å². The Morgan fingerprint density at radius 3 is 1.83 bits per heavy atom. The second-order valence-electron chi connectivity index (χ2n) is 3.27. The summed E-state index contributed by atoms with van der Waals surface area (Å²) < 4.78 is 0. The van der Waals surface area contributed by atoms with E-state index in [4.69, 9.17) is 0 Å². The van der Waals surface area contributed by atoms with Crippen molar-refractivity contribution in [3.8, 4) is 0 Å². The Labute approximate surface area is 81.7 Å². The molecular formula is C10H24P2. The topological polar surface area (TPSA) is 0 Å². The number of hydrogen-bond acceptors (Lipinski definition) is 0. The van der Waals surface area contributed by atoms with Gasteiger partial charge in [0.15, 0.2) is 0 Å². The van der Waals surface area contributed by atoms with Crippen LogP contribution in [-0.2, 0) is 0 Å². The summed E-state index contributed by atoms with van der Waals surface area (Å²) in [6.07, 6.45) is 11.6. The number of unbranched alkanes of at least 4 members (excludes halogenated alkanes) is 4. The minimum atomic E-state index is 1.28. The van der Waals surface area contributed by atoms with Gasteiger partial charge in [-0.1, -0.05) is 56.1 Å². The van der Waals surface area contributed by atoms with Gasteiger partial charge in [-0.15, -0.1) is 0 Å². The fourth-order valence-corrected chi connectivity index (χ4v) is 4.51. The molecule has 0 rings (SSSR count). The van der Waals surface area contributed by atoms with Crippen molar-refractivity contribution in [2.45, 2.75) is 52.4 Å². The van der Waals surface area contributed by atoms with Crippen LogP contribution in [0.5, 0.6) is 0 Å². The van der Waals surface area contributed by atoms with Crippen molar-refractivity contribution >= 4 is 16.5 Å². The molecule has 0 radical (unpaired) electrons. The smallest absolute Gasteiger partial charge is 0.0317 e. The van der Waals surface area contributed by atoms with Crippen molar-refractivity contribution in [1.82, 2.24) is 0 Å². The molecule has 0 N–H and O–H groups in total. The molecule has 0 aliphatic rings. The summed E-state index contributed by atoms with van der Waals surface area (Å²) in [7, 11) is 2.56. The Morgan fingerprint density at radius 2 is 1.25 bits per heavy atom. The van der Waals surface area contributed by atoms with Crippen LogP contribution in [-0.4, -0.2) is 12.3 Å². The van der Waals surface area contributed by atoms with Gasteiger partial charge in [0.25, 0.3) is 0 Å². The first-order valence-electron chi connectivity index (χ1n) is 5.37. The number of rotatable bonds is 9.